The summed E-state index contributed by atoms with van der Waals surface area (Å²) in [7, 11) is 1.45. The van der Waals surface area contributed by atoms with E-state index in [0.29, 0.717) is 4.91 Å². The van der Waals surface area contributed by atoms with Crippen molar-refractivity contribution in [3.05, 3.63) is 51.1 Å². The van der Waals surface area contributed by atoms with Gasteiger partial charge in [-0.2, -0.15) is 0 Å². The van der Waals surface area contributed by atoms with Gasteiger partial charge in [-0.05, 0) is 52.5 Å². The summed E-state index contributed by atoms with van der Waals surface area (Å²) in [5.74, 6) is -1.28. The molecule has 1 N–H and O–H groups in total. The number of carboxylic acids is 1. The number of carbonyl (C=O) groups excluding carboxylic acids is 2. The largest absolute Gasteiger partial charge is 0.478 e. The van der Waals surface area contributed by atoms with Crippen LogP contribution in [-0.4, -0.2) is 34.2 Å². The molecule has 3 rings (SSSR count). The van der Waals surface area contributed by atoms with Crippen molar-refractivity contribution >= 4 is 46.3 Å². The van der Waals surface area contributed by atoms with Gasteiger partial charge in [0.05, 0.1) is 10.5 Å². The Morgan fingerprint density at radius 1 is 1.22 bits per heavy atom. The fraction of sp³-hybridized carbons (Fsp3) is 0.0625. The van der Waals surface area contributed by atoms with Gasteiger partial charge in [-0.15, -0.1) is 11.3 Å². The van der Waals surface area contributed by atoms with Gasteiger partial charge in [0.2, 0.25) is 0 Å². The molecule has 0 spiro atoms. The van der Waals surface area contributed by atoms with Crippen LogP contribution in [0.25, 0.3) is 17.2 Å². The molecule has 1 aromatic carbocycles. The molecule has 0 atom stereocenters. The van der Waals surface area contributed by atoms with Crippen LogP contribution in [0, 0.1) is 0 Å². The first-order valence-corrected chi connectivity index (χ1v) is 8.29. The summed E-state index contributed by atoms with van der Waals surface area (Å²) in [4.78, 5) is 36.7. The van der Waals surface area contributed by atoms with Gasteiger partial charge in [0.1, 0.15) is 0 Å². The van der Waals surface area contributed by atoms with Crippen molar-refractivity contribution in [2.75, 3.05) is 7.05 Å². The lowest BCUT2D eigenvalue weighted by Gasteiger charge is -2.00. The smallest absolute Gasteiger partial charge is 0.335 e. The maximum Gasteiger partial charge on any atom is 0.335 e. The molecular formula is C16H11NO4S2. The van der Waals surface area contributed by atoms with Gasteiger partial charge >= 0.3 is 5.97 Å². The average Bonchev–Trinajstić information content (AvgIpc) is 3.09. The van der Waals surface area contributed by atoms with E-state index in [-0.39, 0.29) is 16.7 Å². The third kappa shape index (κ3) is 3.06. The average molecular weight is 345 g/mol. The molecule has 23 heavy (non-hydrogen) atoms. The zero-order chi connectivity index (χ0) is 16.6. The van der Waals surface area contributed by atoms with E-state index in [1.807, 2.05) is 17.5 Å². The highest BCUT2D eigenvalue weighted by Gasteiger charge is 2.31. The monoisotopic (exact) mass is 345 g/mol. The first-order valence-electron chi connectivity index (χ1n) is 6.59. The van der Waals surface area contributed by atoms with Crippen LogP contribution in [0.15, 0.2) is 40.6 Å². The minimum Gasteiger partial charge on any atom is -0.478 e. The lowest BCUT2D eigenvalue weighted by molar-refractivity contribution is -0.121. The lowest BCUT2D eigenvalue weighted by Crippen LogP contribution is -2.22. The van der Waals surface area contributed by atoms with Gasteiger partial charge in [0, 0.05) is 11.9 Å². The van der Waals surface area contributed by atoms with Crippen molar-refractivity contribution in [3.63, 3.8) is 0 Å². The zero-order valence-corrected chi connectivity index (χ0v) is 13.6. The van der Waals surface area contributed by atoms with Gasteiger partial charge in [-0.25, -0.2) is 4.79 Å². The summed E-state index contributed by atoms with van der Waals surface area (Å²) in [6.07, 6.45) is 1.68. The van der Waals surface area contributed by atoms with E-state index in [2.05, 4.69) is 0 Å². The van der Waals surface area contributed by atoms with Crippen molar-refractivity contribution in [1.82, 2.24) is 4.90 Å². The molecule has 0 unspecified atom stereocenters. The van der Waals surface area contributed by atoms with Crippen molar-refractivity contribution < 1.29 is 19.5 Å². The molecule has 2 aromatic rings. The summed E-state index contributed by atoms with van der Waals surface area (Å²) in [5.41, 5.74) is 1.90. The molecule has 1 saturated heterocycles. The molecule has 1 aromatic heterocycles. The molecule has 0 aliphatic carbocycles. The van der Waals surface area contributed by atoms with Crippen LogP contribution in [0.1, 0.15) is 15.2 Å². The summed E-state index contributed by atoms with van der Waals surface area (Å²) in [6.45, 7) is 0. The van der Waals surface area contributed by atoms with Crippen LogP contribution in [0.2, 0.25) is 0 Å². The molecule has 1 aliphatic heterocycles. The van der Waals surface area contributed by atoms with E-state index in [1.165, 1.54) is 24.5 Å². The lowest BCUT2D eigenvalue weighted by atomic mass is 10.1. The highest BCUT2D eigenvalue weighted by atomic mass is 32.2. The number of amides is 2. The number of aromatic carboxylic acids is 1. The van der Waals surface area contributed by atoms with Crippen LogP contribution in [0.3, 0.4) is 0 Å². The number of carbonyl (C=O) groups is 3. The predicted molar refractivity (Wildman–Crippen MR) is 90.4 cm³/mol. The van der Waals surface area contributed by atoms with Gasteiger partial charge in [-0.1, -0.05) is 12.1 Å². The Balaban J connectivity index is 1.90. The maximum atomic E-state index is 11.9. The predicted octanol–water partition coefficient (Wildman–Crippen LogP) is 3.78. The third-order valence-corrected chi connectivity index (χ3v) is 5.16. The number of likely N-dealkylation sites (N-methyl/N-ethyl adjacent to an activating group) is 1. The van der Waals surface area contributed by atoms with Crippen LogP contribution in [-0.2, 0) is 4.79 Å². The minimum absolute atomic E-state index is 0.224. The quantitative estimate of drug-likeness (QED) is 0.857. The van der Waals surface area contributed by atoms with E-state index in [4.69, 9.17) is 5.11 Å². The summed E-state index contributed by atoms with van der Waals surface area (Å²) in [6, 6.07) is 8.54. The molecule has 1 fully saturated rings. The van der Waals surface area contributed by atoms with E-state index in [0.717, 1.165) is 32.7 Å². The normalized spacial score (nSPS) is 16.4. The SMILES string of the molecule is CN1C(=O)S/C(=C\c2cc(-c3cccc(C(=O)O)c3)cs2)C1=O. The fourth-order valence-electron chi connectivity index (χ4n) is 2.09. The van der Waals surface area contributed by atoms with Crippen LogP contribution < -0.4 is 0 Å². The highest BCUT2D eigenvalue weighted by molar-refractivity contribution is 8.18. The first-order chi connectivity index (χ1) is 11.0. The molecule has 7 heteroatoms. The number of hydrogen-bond donors (Lipinski definition) is 1. The highest BCUT2D eigenvalue weighted by Crippen LogP contribution is 2.34. The van der Waals surface area contributed by atoms with Gasteiger partial charge < -0.3 is 5.11 Å². The number of carboxylic acid groups (broad SMARTS) is 1. The summed E-state index contributed by atoms with van der Waals surface area (Å²) >= 11 is 2.35. The Hall–Kier alpha value is -2.38. The van der Waals surface area contributed by atoms with Crippen molar-refractivity contribution in [1.29, 1.82) is 0 Å². The topological polar surface area (TPSA) is 74.7 Å². The second kappa shape index (κ2) is 6.02. The zero-order valence-electron chi connectivity index (χ0n) is 12.0. The van der Waals surface area contributed by atoms with Crippen molar-refractivity contribution in [2.45, 2.75) is 0 Å². The summed E-state index contributed by atoms with van der Waals surface area (Å²) < 4.78 is 0. The molecular weight excluding hydrogens is 334 g/mol. The Bertz CT molecular complexity index is 853. The van der Waals surface area contributed by atoms with Crippen molar-refractivity contribution in [2.24, 2.45) is 0 Å². The van der Waals surface area contributed by atoms with Gasteiger partial charge in [-0.3, -0.25) is 14.5 Å². The Kier molecular flexibility index (Phi) is 4.06. The fourth-order valence-corrected chi connectivity index (χ4v) is 3.83. The van der Waals surface area contributed by atoms with Gasteiger partial charge in [0.25, 0.3) is 11.1 Å². The van der Waals surface area contributed by atoms with Gasteiger partial charge in [0.15, 0.2) is 0 Å². The molecule has 116 valence electrons. The second-order valence-corrected chi connectivity index (χ2v) is 6.80. The first kappa shape index (κ1) is 15.5. The number of imide groups is 1. The Morgan fingerprint density at radius 2 is 2.00 bits per heavy atom. The third-order valence-electron chi connectivity index (χ3n) is 3.32. The van der Waals surface area contributed by atoms with E-state index in [9.17, 15) is 14.4 Å². The molecule has 2 amide bonds. The van der Waals surface area contributed by atoms with E-state index >= 15 is 0 Å². The molecule has 2 heterocycles. The minimum atomic E-state index is -0.973. The number of rotatable bonds is 3. The molecule has 0 radical (unpaired) electrons. The van der Waals surface area contributed by atoms with Crippen LogP contribution >= 0.6 is 23.1 Å². The molecule has 0 saturated carbocycles. The maximum absolute atomic E-state index is 11.9. The van der Waals surface area contributed by atoms with Crippen LogP contribution in [0.5, 0.6) is 0 Å². The second-order valence-electron chi connectivity index (χ2n) is 4.86. The van der Waals surface area contributed by atoms with Crippen molar-refractivity contribution in [3.8, 4) is 11.1 Å². The Labute approximate surface area is 140 Å². The Morgan fingerprint density at radius 3 is 2.65 bits per heavy atom. The molecule has 5 nitrogen and oxygen atoms in total. The molecule has 0 bridgehead atoms. The van der Waals surface area contributed by atoms with E-state index in [1.54, 1.807) is 18.2 Å². The number of nitrogens with zero attached hydrogens (tertiary/aromatic N) is 1. The number of thiophene rings is 1. The van der Waals surface area contributed by atoms with E-state index < -0.39 is 5.97 Å². The number of hydrogen-bond acceptors (Lipinski definition) is 5. The molecule has 1 aliphatic rings. The number of benzene rings is 1. The number of thioether (sulfide) groups is 1. The summed E-state index contributed by atoms with van der Waals surface area (Å²) in [5, 5.41) is 10.7. The van der Waals surface area contributed by atoms with Crippen LogP contribution in [0.4, 0.5) is 4.79 Å². The standard InChI is InChI=1S/C16H11NO4S2/c1-17-14(18)13(23-16(17)21)7-12-6-11(8-22-12)9-3-2-4-10(5-9)15(19)20/h2-8H,1H3,(H,19,20)/b13-7-.